The fourth-order valence-electron chi connectivity index (χ4n) is 2.85. The summed E-state index contributed by atoms with van der Waals surface area (Å²) in [7, 11) is -1.42. The van der Waals surface area contributed by atoms with Gasteiger partial charge in [-0.3, -0.25) is 4.90 Å². The number of hydrogen-bond donors (Lipinski definition) is 2. The Kier molecular flexibility index (Phi) is 5.96. The lowest BCUT2D eigenvalue weighted by molar-refractivity contribution is 0.218. The number of amides is 2. The topological polar surface area (TPSA) is 64.0 Å². The summed E-state index contributed by atoms with van der Waals surface area (Å²) in [6.45, 7) is 9.64. The molecule has 2 amide bonds. The summed E-state index contributed by atoms with van der Waals surface area (Å²) in [6.07, 6.45) is 1.66. The maximum atomic E-state index is 14.2. The summed E-state index contributed by atoms with van der Waals surface area (Å²) < 4.78 is 14.2. The maximum Gasteiger partial charge on any atom is 0.326 e. The van der Waals surface area contributed by atoms with Crippen LogP contribution in [0.25, 0.3) is 0 Å². The summed E-state index contributed by atoms with van der Waals surface area (Å²) in [5.74, 6) is -0.521. The third-order valence-electron chi connectivity index (χ3n) is 5.39. The van der Waals surface area contributed by atoms with Crippen LogP contribution >= 0.6 is 0 Å². The molecule has 1 heterocycles. The largest absolute Gasteiger partial charge is 0.450 e. The van der Waals surface area contributed by atoms with Gasteiger partial charge in [0.2, 0.25) is 0 Å². The van der Waals surface area contributed by atoms with Crippen LogP contribution in [-0.2, 0) is 0 Å². The van der Waals surface area contributed by atoms with Crippen LogP contribution in [0.4, 0.5) is 14.9 Å². The first-order chi connectivity index (χ1) is 11.6. The molecule has 1 aliphatic rings. The Balaban J connectivity index is 1.96. The molecule has 1 aromatic carbocycles. The van der Waals surface area contributed by atoms with E-state index in [4.69, 9.17) is 5.02 Å². The molecule has 1 aromatic rings. The molecule has 25 heavy (non-hydrogen) atoms. The van der Waals surface area contributed by atoms with Crippen LogP contribution in [0, 0.1) is 5.82 Å². The predicted octanol–water partition coefficient (Wildman–Crippen LogP) is 2.06. The first-order valence-corrected chi connectivity index (χ1v) is 11.6. The minimum atomic E-state index is -2.25. The molecule has 2 N–H and O–H groups in total. The Morgan fingerprint density at radius 2 is 2.00 bits per heavy atom. The van der Waals surface area contributed by atoms with Crippen LogP contribution in [0.2, 0.25) is 18.1 Å². The number of anilines is 1. The van der Waals surface area contributed by atoms with Gasteiger partial charge in [-0.05, 0) is 43.1 Å². The van der Waals surface area contributed by atoms with E-state index in [1.54, 1.807) is 11.0 Å². The van der Waals surface area contributed by atoms with Gasteiger partial charge in [-0.1, -0.05) is 25.4 Å². The van der Waals surface area contributed by atoms with Crippen LogP contribution in [0.3, 0.4) is 0 Å². The van der Waals surface area contributed by atoms with Crippen LogP contribution in [0.1, 0.15) is 26.7 Å². The van der Waals surface area contributed by atoms with E-state index < -0.39 is 14.1 Å². The van der Waals surface area contributed by atoms with Crippen LogP contribution < -0.4 is 10.4 Å². The zero-order valence-corrected chi connectivity index (χ0v) is 16.4. The highest BCUT2D eigenvalue weighted by Crippen LogP contribution is 2.39. The Labute approximate surface area is 150 Å². The molecule has 0 spiro atoms. The SMILES string of the molecule is CC(C)(CCCN1CCN(c2ccc([B]O)cc2F)C1=O)[Si](C)(C)O. The molecule has 1 fully saturated rings. The van der Waals surface area contributed by atoms with Crippen molar-refractivity contribution < 1.29 is 19.0 Å². The molecule has 0 atom stereocenters. The van der Waals surface area contributed by atoms with E-state index in [9.17, 15) is 14.0 Å². The van der Waals surface area contributed by atoms with E-state index >= 15 is 0 Å². The van der Waals surface area contributed by atoms with Gasteiger partial charge in [0, 0.05) is 19.6 Å². The van der Waals surface area contributed by atoms with E-state index in [-0.39, 0.29) is 16.8 Å². The van der Waals surface area contributed by atoms with Crippen molar-refractivity contribution in [2.75, 3.05) is 24.5 Å². The van der Waals surface area contributed by atoms with Crippen molar-refractivity contribution >= 4 is 33.0 Å². The molecule has 8 heteroatoms. The van der Waals surface area contributed by atoms with Crippen molar-refractivity contribution in [3.05, 3.63) is 24.0 Å². The third kappa shape index (κ3) is 4.43. The van der Waals surface area contributed by atoms with Crippen LogP contribution in [-0.4, -0.2) is 56.2 Å². The van der Waals surface area contributed by atoms with Crippen molar-refractivity contribution in [1.82, 2.24) is 4.90 Å². The molecule has 0 aromatic heterocycles. The van der Waals surface area contributed by atoms with E-state index in [0.717, 1.165) is 20.3 Å². The number of nitrogens with zero attached hydrogens (tertiary/aromatic N) is 2. The van der Waals surface area contributed by atoms with Gasteiger partial charge in [0.15, 0.2) is 8.32 Å². The summed E-state index contributed by atoms with van der Waals surface area (Å²) in [4.78, 5) is 26.1. The Hall–Kier alpha value is -1.38. The molecular formula is C17H27BFN2O3Si. The minimum Gasteiger partial charge on any atom is -0.450 e. The molecule has 0 saturated carbocycles. The van der Waals surface area contributed by atoms with Gasteiger partial charge in [-0.25, -0.2) is 9.18 Å². The van der Waals surface area contributed by atoms with Crippen molar-refractivity contribution in [3.63, 3.8) is 0 Å². The van der Waals surface area contributed by atoms with Crippen molar-refractivity contribution in [1.29, 1.82) is 0 Å². The first kappa shape index (κ1) is 19.9. The van der Waals surface area contributed by atoms with Crippen molar-refractivity contribution in [2.45, 2.75) is 44.8 Å². The van der Waals surface area contributed by atoms with Gasteiger partial charge in [-0.2, -0.15) is 0 Å². The number of halogens is 1. The van der Waals surface area contributed by atoms with Gasteiger partial charge in [0.25, 0.3) is 0 Å². The molecule has 0 aliphatic carbocycles. The third-order valence-corrected chi connectivity index (χ3v) is 8.96. The number of rotatable bonds is 7. The summed E-state index contributed by atoms with van der Waals surface area (Å²) in [5, 5.41) is 8.82. The van der Waals surface area contributed by atoms with Gasteiger partial charge in [0.05, 0.1) is 5.69 Å². The molecule has 1 radical (unpaired) electrons. The molecule has 137 valence electrons. The standard InChI is InChI=1S/C17H27BFN2O3Si/c1-17(2,25(3,4)24)8-5-9-20-10-11-21(16(20)22)15-7-6-13(18-23)12-14(15)19/h6-7,12,23-24H,5,8-11H2,1-4H3. The normalized spacial score (nSPS) is 15.9. The Bertz CT molecular complexity index is 637. The highest BCUT2D eigenvalue weighted by molar-refractivity contribution is 6.72. The van der Waals surface area contributed by atoms with Gasteiger partial charge in [-0.15, -0.1) is 0 Å². The number of carbonyl (C=O) groups excluding carboxylic acids is 1. The van der Waals surface area contributed by atoms with Crippen molar-refractivity contribution in [3.8, 4) is 0 Å². The summed E-state index contributed by atoms with van der Waals surface area (Å²) in [6, 6.07) is 4.10. The van der Waals surface area contributed by atoms with E-state index in [1.165, 1.54) is 17.0 Å². The quantitative estimate of drug-likeness (QED) is 0.727. The second-order valence-electron chi connectivity index (χ2n) is 7.81. The van der Waals surface area contributed by atoms with Gasteiger partial charge < -0.3 is 14.7 Å². The minimum absolute atomic E-state index is 0.113. The smallest absolute Gasteiger partial charge is 0.326 e. The number of urea groups is 1. The van der Waals surface area contributed by atoms with Crippen molar-refractivity contribution in [2.24, 2.45) is 0 Å². The molecule has 2 rings (SSSR count). The zero-order chi connectivity index (χ0) is 18.8. The number of hydrogen-bond acceptors (Lipinski definition) is 3. The average molecular weight is 365 g/mol. The van der Waals surface area contributed by atoms with Gasteiger partial charge >= 0.3 is 13.5 Å². The molecule has 0 bridgehead atoms. The summed E-state index contributed by atoms with van der Waals surface area (Å²) >= 11 is 0. The fraction of sp³-hybridized carbons (Fsp3) is 0.588. The maximum absolute atomic E-state index is 14.2. The second-order valence-corrected chi connectivity index (χ2v) is 12.3. The lowest BCUT2D eigenvalue weighted by Crippen LogP contribution is -2.39. The number of carbonyl (C=O) groups is 1. The zero-order valence-electron chi connectivity index (χ0n) is 15.4. The molecule has 5 nitrogen and oxygen atoms in total. The highest BCUT2D eigenvalue weighted by Gasteiger charge is 2.38. The van der Waals surface area contributed by atoms with E-state index in [2.05, 4.69) is 13.8 Å². The lowest BCUT2D eigenvalue weighted by atomic mass is 9.88. The molecule has 1 saturated heterocycles. The Morgan fingerprint density at radius 1 is 1.32 bits per heavy atom. The molecule has 0 unspecified atom stereocenters. The van der Waals surface area contributed by atoms with Crippen LogP contribution in [0.5, 0.6) is 0 Å². The highest BCUT2D eigenvalue weighted by atomic mass is 28.4. The fourth-order valence-corrected chi connectivity index (χ4v) is 3.64. The van der Waals surface area contributed by atoms with E-state index in [1.807, 2.05) is 13.1 Å². The number of benzene rings is 1. The summed E-state index contributed by atoms with van der Waals surface area (Å²) in [5.41, 5.74) is 0.602. The lowest BCUT2D eigenvalue weighted by Gasteiger charge is -2.35. The van der Waals surface area contributed by atoms with E-state index in [0.29, 0.717) is 25.1 Å². The van der Waals surface area contributed by atoms with Gasteiger partial charge in [0.1, 0.15) is 5.82 Å². The molecule has 1 aliphatic heterocycles. The monoisotopic (exact) mass is 365 g/mol. The predicted molar refractivity (Wildman–Crippen MR) is 101 cm³/mol. The first-order valence-electron chi connectivity index (χ1n) is 8.62. The Morgan fingerprint density at radius 3 is 2.56 bits per heavy atom. The second kappa shape index (κ2) is 7.47. The average Bonchev–Trinajstić information content (AvgIpc) is 2.87. The molecular weight excluding hydrogens is 338 g/mol. The van der Waals surface area contributed by atoms with Crippen LogP contribution in [0.15, 0.2) is 18.2 Å².